The van der Waals surface area contributed by atoms with Crippen molar-refractivity contribution in [1.29, 1.82) is 0 Å². The highest BCUT2D eigenvalue weighted by Gasteiger charge is 2.22. The van der Waals surface area contributed by atoms with Crippen molar-refractivity contribution in [3.05, 3.63) is 89.5 Å². The lowest BCUT2D eigenvalue weighted by Crippen LogP contribution is -2.48. The quantitative estimate of drug-likeness (QED) is 0.611. The van der Waals surface area contributed by atoms with Crippen molar-refractivity contribution < 1.29 is 14.3 Å². The maximum Gasteiger partial charge on any atom is 0.255 e. The number of nitrogens with zero attached hydrogens (tertiary/aromatic N) is 2. The number of amides is 2. The van der Waals surface area contributed by atoms with E-state index in [4.69, 9.17) is 4.74 Å². The van der Waals surface area contributed by atoms with Gasteiger partial charge in [-0.25, -0.2) is 0 Å². The van der Waals surface area contributed by atoms with Crippen LogP contribution in [0.5, 0.6) is 5.75 Å². The molecule has 4 rings (SSSR count). The molecule has 0 spiro atoms. The Morgan fingerprint density at radius 3 is 2.00 bits per heavy atom. The molecule has 1 fully saturated rings. The number of nitrogens with one attached hydrogen (secondary N) is 1. The van der Waals surface area contributed by atoms with Gasteiger partial charge in [-0.15, -0.1) is 0 Å². The van der Waals surface area contributed by atoms with Crippen LogP contribution < -0.4 is 15.0 Å². The summed E-state index contributed by atoms with van der Waals surface area (Å²) in [7, 11) is 1.61. The van der Waals surface area contributed by atoms with Crippen LogP contribution in [0.1, 0.15) is 33.2 Å². The molecule has 3 aromatic rings. The molecule has 0 radical (unpaired) electrons. The lowest BCUT2D eigenvalue weighted by molar-refractivity contribution is 0.0746. The van der Waals surface area contributed by atoms with Crippen LogP contribution in [0.4, 0.5) is 11.4 Å². The Kier molecular flexibility index (Phi) is 6.93. The van der Waals surface area contributed by atoms with Crippen molar-refractivity contribution in [3.8, 4) is 5.75 Å². The Balaban J connectivity index is 1.31. The molecular weight excluding hydrogens is 414 g/mol. The number of piperazine rings is 1. The zero-order valence-electron chi connectivity index (χ0n) is 19.1. The van der Waals surface area contributed by atoms with Gasteiger partial charge in [0, 0.05) is 48.7 Å². The molecule has 1 saturated heterocycles. The Hall–Kier alpha value is -3.80. The minimum Gasteiger partial charge on any atom is -0.497 e. The van der Waals surface area contributed by atoms with Gasteiger partial charge in [-0.3, -0.25) is 9.59 Å². The minimum atomic E-state index is -0.115. The molecule has 1 aliphatic rings. The number of carbonyl (C=O) groups excluding carboxylic acids is 2. The number of ether oxygens (including phenoxy) is 1. The molecule has 1 N–H and O–H groups in total. The van der Waals surface area contributed by atoms with E-state index in [2.05, 4.69) is 17.1 Å². The molecule has 1 aliphatic heterocycles. The number of hydrogen-bond donors (Lipinski definition) is 1. The van der Waals surface area contributed by atoms with Crippen molar-refractivity contribution >= 4 is 23.2 Å². The number of methoxy groups -OCH3 is 1. The highest BCUT2D eigenvalue weighted by atomic mass is 16.5. The van der Waals surface area contributed by atoms with Crippen molar-refractivity contribution in [3.63, 3.8) is 0 Å². The molecule has 6 nitrogen and oxygen atoms in total. The first-order valence-electron chi connectivity index (χ1n) is 11.3. The second kappa shape index (κ2) is 10.2. The molecule has 0 atom stereocenters. The average molecular weight is 444 g/mol. The molecule has 0 unspecified atom stereocenters. The van der Waals surface area contributed by atoms with Gasteiger partial charge >= 0.3 is 0 Å². The summed E-state index contributed by atoms with van der Waals surface area (Å²) in [6.45, 7) is 4.94. The van der Waals surface area contributed by atoms with E-state index in [0.29, 0.717) is 24.2 Å². The van der Waals surface area contributed by atoms with Crippen molar-refractivity contribution in [2.45, 2.75) is 13.3 Å². The number of benzene rings is 3. The van der Waals surface area contributed by atoms with Gasteiger partial charge in [0.2, 0.25) is 0 Å². The van der Waals surface area contributed by atoms with Crippen LogP contribution in [0, 0.1) is 0 Å². The summed E-state index contributed by atoms with van der Waals surface area (Å²) in [5, 5.41) is 2.95. The second-order valence-corrected chi connectivity index (χ2v) is 8.06. The molecule has 0 aliphatic carbocycles. The Labute approximate surface area is 194 Å². The van der Waals surface area contributed by atoms with Crippen LogP contribution in [0.2, 0.25) is 0 Å². The summed E-state index contributed by atoms with van der Waals surface area (Å²) < 4.78 is 5.16. The van der Waals surface area contributed by atoms with Gasteiger partial charge in [0.1, 0.15) is 5.75 Å². The predicted octanol–water partition coefficient (Wildman–Crippen LogP) is 4.47. The smallest absolute Gasteiger partial charge is 0.255 e. The lowest BCUT2D eigenvalue weighted by Gasteiger charge is -2.36. The maximum atomic E-state index is 12.8. The second-order valence-electron chi connectivity index (χ2n) is 8.06. The van der Waals surface area contributed by atoms with Crippen LogP contribution in [0.15, 0.2) is 72.8 Å². The van der Waals surface area contributed by atoms with Gasteiger partial charge in [-0.1, -0.05) is 19.1 Å². The van der Waals surface area contributed by atoms with Gasteiger partial charge in [-0.05, 0) is 72.6 Å². The minimum absolute atomic E-state index is 0.0438. The maximum absolute atomic E-state index is 12.8. The van der Waals surface area contributed by atoms with E-state index in [1.165, 1.54) is 5.56 Å². The fourth-order valence-corrected chi connectivity index (χ4v) is 3.93. The van der Waals surface area contributed by atoms with E-state index in [1.807, 2.05) is 65.6 Å². The summed E-state index contributed by atoms with van der Waals surface area (Å²) in [6, 6.07) is 22.8. The van der Waals surface area contributed by atoms with Gasteiger partial charge in [0.25, 0.3) is 11.8 Å². The van der Waals surface area contributed by atoms with Gasteiger partial charge in [0.15, 0.2) is 0 Å². The third-order valence-electron chi connectivity index (χ3n) is 6.02. The molecule has 170 valence electrons. The average Bonchev–Trinajstić information content (AvgIpc) is 2.89. The number of rotatable bonds is 6. The Morgan fingerprint density at radius 2 is 1.42 bits per heavy atom. The van der Waals surface area contributed by atoms with E-state index in [-0.39, 0.29) is 11.8 Å². The Morgan fingerprint density at radius 1 is 0.818 bits per heavy atom. The van der Waals surface area contributed by atoms with Gasteiger partial charge in [0.05, 0.1) is 7.11 Å². The molecule has 6 heteroatoms. The molecule has 2 amide bonds. The Bertz CT molecular complexity index is 1080. The highest BCUT2D eigenvalue weighted by molar-refractivity contribution is 6.04. The first-order chi connectivity index (χ1) is 16.1. The van der Waals surface area contributed by atoms with E-state index in [1.54, 1.807) is 19.2 Å². The number of anilines is 2. The fraction of sp³-hybridized carbons (Fsp3) is 0.259. The van der Waals surface area contributed by atoms with E-state index in [9.17, 15) is 9.59 Å². The molecule has 3 aromatic carbocycles. The number of aryl methyl sites for hydroxylation is 1. The van der Waals surface area contributed by atoms with Crippen LogP contribution >= 0.6 is 0 Å². The molecule has 0 aromatic heterocycles. The fourth-order valence-electron chi connectivity index (χ4n) is 3.93. The molecule has 0 bridgehead atoms. The topological polar surface area (TPSA) is 61.9 Å². The summed E-state index contributed by atoms with van der Waals surface area (Å²) >= 11 is 0. The lowest BCUT2D eigenvalue weighted by atomic mass is 10.1. The predicted molar refractivity (Wildman–Crippen MR) is 131 cm³/mol. The first kappa shape index (κ1) is 22.4. The highest BCUT2D eigenvalue weighted by Crippen LogP contribution is 2.21. The summed E-state index contributed by atoms with van der Waals surface area (Å²) in [5.74, 6) is 0.670. The van der Waals surface area contributed by atoms with Crippen LogP contribution in [0.25, 0.3) is 0 Å². The first-order valence-corrected chi connectivity index (χ1v) is 11.3. The zero-order valence-corrected chi connectivity index (χ0v) is 19.1. The standard InChI is InChI=1S/C27H29N3O3/c1-3-20-4-6-21(7-5-20)26(31)28-23-10-12-24(13-11-23)29-16-18-30(19-17-29)27(32)22-8-14-25(33-2)15-9-22/h4-15H,3,16-19H2,1-2H3,(H,28,31). The van der Waals surface area contributed by atoms with Crippen molar-refractivity contribution in [2.24, 2.45) is 0 Å². The van der Waals surface area contributed by atoms with Crippen molar-refractivity contribution in [2.75, 3.05) is 43.5 Å². The monoisotopic (exact) mass is 443 g/mol. The number of carbonyl (C=O) groups is 2. The zero-order chi connectivity index (χ0) is 23.2. The van der Waals surface area contributed by atoms with Gasteiger partial charge < -0.3 is 19.9 Å². The largest absolute Gasteiger partial charge is 0.497 e. The summed E-state index contributed by atoms with van der Waals surface area (Å²) in [4.78, 5) is 29.4. The van der Waals surface area contributed by atoms with E-state index in [0.717, 1.165) is 36.6 Å². The van der Waals surface area contributed by atoms with Crippen molar-refractivity contribution in [1.82, 2.24) is 4.90 Å². The van der Waals surface area contributed by atoms with Crippen LogP contribution in [-0.2, 0) is 6.42 Å². The van der Waals surface area contributed by atoms with Crippen LogP contribution in [0.3, 0.4) is 0 Å². The van der Waals surface area contributed by atoms with E-state index < -0.39 is 0 Å². The summed E-state index contributed by atoms with van der Waals surface area (Å²) in [6.07, 6.45) is 0.952. The molecule has 33 heavy (non-hydrogen) atoms. The molecular formula is C27H29N3O3. The molecule has 1 heterocycles. The summed E-state index contributed by atoms with van der Waals surface area (Å²) in [5.41, 5.74) is 4.37. The number of hydrogen-bond acceptors (Lipinski definition) is 4. The normalized spacial score (nSPS) is 13.5. The van der Waals surface area contributed by atoms with Crippen LogP contribution in [-0.4, -0.2) is 50.0 Å². The van der Waals surface area contributed by atoms with Gasteiger partial charge in [-0.2, -0.15) is 0 Å². The molecule has 0 saturated carbocycles. The third kappa shape index (κ3) is 5.34. The SMILES string of the molecule is CCc1ccc(C(=O)Nc2ccc(N3CCN(C(=O)c4ccc(OC)cc4)CC3)cc2)cc1. The van der Waals surface area contributed by atoms with E-state index >= 15 is 0 Å². The third-order valence-corrected chi connectivity index (χ3v) is 6.02.